The third-order valence-electron chi connectivity index (χ3n) is 3.22. The molecule has 1 atom stereocenters. The maximum atomic E-state index is 6.31. The van der Waals surface area contributed by atoms with Crippen LogP contribution in [0.5, 0.6) is 0 Å². The van der Waals surface area contributed by atoms with Gasteiger partial charge in [0.15, 0.2) is 0 Å². The molecule has 1 unspecified atom stereocenters. The smallest absolute Gasteiger partial charge is 0.0642 e. The van der Waals surface area contributed by atoms with Gasteiger partial charge in [0, 0.05) is 19.6 Å². The van der Waals surface area contributed by atoms with Gasteiger partial charge in [-0.25, -0.2) is 0 Å². The van der Waals surface area contributed by atoms with Gasteiger partial charge in [0.25, 0.3) is 0 Å². The van der Waals surface area contributed by atoms with Gasteiger partial charge in [0.1, 0.15) is 0 Å². The first kappa shape index (κ1) is 14.3. The zero-order valence-electron chi connectivity index (χ0n) is 11.0. The van der Waals surface area contributed by atoms with Gasteiger partial charge in [0.05, 0.1) is 10.7 Å². The van der Waals surface area contributed by atoms with Crippen LogP contribution in [0.1, 0.15) is 32.8 Å². The Labute approximate surface area is 110 Å². The fraction of sp³-hybridized carbons (Fsp3) is 0.571. The first-order valence-electron chi connectivity index (χ1n) is 6.36. The molecule has 0 fully saturated rings. The lowest BCUT2D eigenvalue weighted by molar-refractivity contribution is 0.547. The molecule has 0 heterocycles. The molecule has 0 radical (unpaired) electrons. The second-order valence-corrected chi connectivity index (χ2v) is 4.91. The third-order valence-corrected chi connectivity index (χ3v) is 3.52. The Morgan fingerprint density at radius 3 is 2.59 bits per heavy atom. The number of hydrogen-bond donors (Lipinski definition) is 1. The highest BCUT2D eigenvalue weighted by molar-refractivity contribution is 6.33. The topological polar surface area (TPSA) is 29.3 Å². The molecule has 1 aromatic carbocycles. The molecule has 3 heteroatoms. The second kappa shape index (κ2) is 6.87. The van der Waals surface area contributed by atoms with Crippen LogP contribution in [0.4, 0.5) is 5.69 Å². The van der Waals surface area contributed by atoms with Crippen molar-refractivity contribution in [3.63, 3.8) is 0 Å². The van der Waals surface area contributed by atoms with Crippen LogP contribution in [-0.2, 0) is 6.54 Å². The number of nitrogens with two attached hydrogens (primary N) is 1. The van der Waals surface area contributed by atoms with Crippen molar-refractivity contribution in [1.29, 1.82) is 0 Å². The number of nitrogens with zero attached hydrogens (tertiary/aromatic N) is 1. The summed E-state index contributed by atoms with van der Waals surface area (Å²) < 4.78 is 0. The molecular formula is C14H23ClN2. The summed E-state index contributed by atoms with van der Waals surface area (Å²) in [5.74, 6) is 0.664. The van der Waals surface area contributed by atoms with Crippen LogP contribution in [0.15, 0.2) is 18.2 Å². The summed E-state index contributed by atoms with van der Waals surface area (Å²) in [6.07, 6.45) is 1.18. The van der Waals surface area contributed by atoms with E-state index < -0.39 is 0 Å². The standard InChI is InChI=1S/C14H23ClN2/c1-4-11(3)10-17(5-2)14-12(9-16)7-6-8-13(14)15/h6-8,11H,4-5,9-10,16H2,1-3H3. The van der Waals surface area contributed by atoms with Crippen molar-refractivity contribution >= 4 is 17.3 Å². The Kier molecular flexibility index (Phi) is 5.79. The van der Waals surface area contributed by atoms with Gasteiger partial charge < -0.3 is 10.6 Å². The lowest BCUT2D eigenvalue weighted by atomic mass is 10.1. The molecule has 0 aromatic heterocycles. The van der Waals surface area contributed by atoms with Crippen LogP contribution in [0.2, 0.25) is 5.02 Å². The molecule has 96 valence electrons. The summed E-state index contributed by atoms with van der Waals surface area (Å²) >= 11 is 6.31. The van der Waals surface area contributed by atoms with Crippen LogP contribution in [0, 0.1) is 5.92 Å². The van der Waals surface area contributed by atoms with Gasteiger partial charge in [-0.2, -0.15) is 0 Å². The summed E-state index contributed by atoms with van der Waals surface area (Å²) in [6.45, 7) is 9.17. The Balaban J connectivity index is 3.02. The zero-order chi connectivity index (χ0) is 12.8. The average molecular weight is 255 g/mol. The van der Waals surface area contributed by atoms with E-state index in [1.165, 1.54) is 6.42 Å². The van der Waals surface area contributed by atoms with E-state index in [-0.39, 0.29) is 0 Å². The van der Waals surface area contributed by atoms with Crippen molar-refractivity contribution in [2.24, 2.45) is 11.7 Å². The van der Waals surface area contributed by atoms with Crippen molar-refractivity contribution in [3.8, 4) is 0 Å². The van der Waals surface area contributed by atoms with Crippen molar-refractivity contribution in [2.45, 2.75) is 33.7 Å². The number of halogens is 1. The van der Waals surface area contributed by atoms with E-state index in [2.05, 4.69) is 31.7 Å². The Morgan fingerprint density at radius 1 is 1.35 bits per heavy atom. The normalized spacial score (nSPS) is 12.5. The molecule has 0 saturated heterocycles. The van der Waals surface area contributed by atoms with E-state index in [1.807, 2.05) is 12.1 Å². The van der Waals surface area contributed by atoms with E-state index in [0.717, 1.165) is 29.4 Å². The zero-order valence-corrected chi connectivity index (χ0v) is 11.8. The number of para-hydroxylation sites is 1. The molecule has 2 N–H and O–H groups in total. The average Bonchev–Trinajstić information content (AvgIpc) is 2.35. The summed E-state index contributed by atoms with van der Waals surface area (Å²) in [7, 11) is 0. The summed E-state index contributed by atoms with van der Waals surface area (Å²) in [5, 5.41) is 0.804. The Morgan fingerprint density at radius 2 is 2.06 bits per heavy atom. The fourth-order valence-electron chi connectivity index (χ4n) is 1.96. The van der Waals surface area contributed by atoms with E-state index in [1.54, 1.807) is 0 Å². The van der Waals surface area contributed by atoms with Crippen molar-refractivity contribution in [1.82, 2.24) is 0 Å². The second-order valence-electron chi connectivity index (χ2n) is 4.50. The monoisotopic (exact) mass is 254 g/mol. The molecule has 0 aliphatic rings. The minimum Gasteiger partial charge on any atom is -0.370 e. The number of anilines is 1. The van der Waals surface area contributed by atoms with E-state index >= 15 is 0 Å². The molecule has 2 nitrogen and oxygen atoms in total. The first-order valence-corrected chi connectivity index (χ1v) is 6.74. The van der Waals surface area contributed by atoms with Gasteiger partial charge in [-0.1, -0.05) is 44.0 Å². The van der Waals surface area contributed by atoms with Gasteiger partial charge in [0.2, 0.25) is 0 Å². The number of hydrogen-bond acceptors (Lipinski definition) is 2. The number of rotatable bonds is 6. The maximum absolute atomic E-state index is 6.31. The van der Waals surface area contributed by atoms with Crippen molar-refractivity contribution < 1.29 is 0 Å². The van der Waals surface area contributed by atoms with Crippen LogP contribution in [0.3, 0.4) is 0 Å². The molecule has 0 bridgehead atoms. The quantitative estimate of drug-likeness (QED) is 0.839. The molecule has 1 rings (SSSR count). The molecule has 0 saturated carbocycles. The SMILES string of the molecule is CCC(C)CN(CC)c1c(Cl)cccc1CN. The van der Waals surface area contributed by atoms with E-state index in [0.29, 0.717) is 12.5 Å². The van der Waals surface area contributed by atoms with Gasteiger partial charge >= 0.3 is 0 Å². The Hall–Kier alpha value is -0.730. The molecule has 1 aromatic rings. The summed E-state index contributed by atoms with van der Waals surface area (Å²) in [5.41, 5.74) is 8.03. The highest BCUT2D eigenvalue weighted by atomic mass is 35.5. The summed E-state index contributed by atoms with van der Waals surface area (Å²) in [4.78, 5) is 2.33. The Bertz CT molecular complexity index is 352. The first-order chi connectivity index (χ1) is 8.13. The minimum atomic E-state index is 0.535. The fourth-order valence-corrected chi connectivity index (χ4v) is 2.28. The molecule has 0 aliphatic heterocycles. The molecule has 0 spiro atoms. The van der Waals surface area contributed by atoms with Gasteiger partial charge in [-0.15, -0.1) is 0 Å². The lowest BCUT2D eigenvalue weighted by Gasteiger charge is -2.29. The third kappa shape index (κ3) is 3.62. The van der Waals surface area contributed by atoms with Gasteiger partial charge in [-0.3, -0.25) is 0 Å². The predicted octanol–water partition coefficient (Wildman–Crippen LogP) is 3.67. The molecule has 0 aliphatic carbocycles. The largest absolute Gasteiger partial charge is 0.370 e. The highest BCUT2D eigenvalue weighted by Crippen LogP contribution is 2.30. The van der Waals surface area contributed by atoms with Crippen LogP contribution < -0.4 is 10.6 Å². The lowest BCUT2D eigenvalue weighted by Crippen LogP contribution is -2.29. The van der Waals surface area contributed by atoms with E-state index in [9.17, 15) is 0 Å². The van der Waals surface area contributed by atoms with Crippen LogP contribution in [-0.4, -0.2) is 13.1 Å². The predicted molar refractivity (Wildman–Crippen MR) is 76.7 cm³/mol. The summed E-state index contributed by atoms with van der Waals surface area (Å²) in [6, 6.07) is 5.96. The molecular weight excluding hydrogens is 232 g/mol. The number of benzene rings is 1. The van der Waals surface area contributed by atoms with E-state index in [4.69, 9.17) is 17.3 Å². The molecule has 17 heavy (non-hydrogen) atoms. The van der Waals surface area contributed by atoms with Crippen molar-refractivity contribution in [3.05, 3.63) is 28.8 Å². The van der Waals surface area contributed by atoms with Gasteiger partial charge in [-0.05, 0) is 24.5 Å². The maximum Gasteiger partial charge on any atom is 0.0642 e. The van der Waals surface area contributed by atoms with Crippen LogP contribution >= 0.6 is 11.6 Å². The molecule has 0 amide bonds. The highest BCUT2D eigenvalue weighted by Gasteiger charge is 2.14. The van der Waals surface area contributed by atoms with Crippen LogP contribution in [0.25, 0.3) is 0 Å². The van der Waals surface area contributed by atoms with Crippen molar-refractivity contribution in [2.75, 3.05) is 18.0 Å². The minimum absolute atomic E-state index is 0.535.